The normalized spacial score (nSPS) is 27.5. The predicted molar refractivity (Wildman–Crippen MR) is 72.1 cm³/mol. The summed E-state index contributed by atoms with van der Waals surface area (Å²) < 4.78 is 10.0. The van der Waals surface area contributed by atoms with E-state index in [4.69, 9.17) is 9.47 Å². The minimum Gasteiger partial charge on any atom is -0.463 e. The molecule has 4 atom stereocenters. The maximum atomic E-state index is 11.5. The second kappa shape index (κ2) is 9.28. The lowest BCUT2D eigenvalue weighted by Crippen LogP contribution is -2.41. The van der Waals surface area contributed by atoms with Crippen LogP contribution in [0.3, 0.4) is 0 Å². The van der Waals surface area contributed by atoms with E-state index in [1.807, 2.05) is 0 Å². The molecule has 0 amide bonds. The number of unbranched alkanes of at least 4 members (excludes halogenated alkanes) is 4. The van der Waals surface area contributed by atoms with Crippen molar-refractivity contribution in [3.63, 3.8) is 0 Å². The first-order chi connectivity index (χ1) is 9.56. The summed E-state index contributed by atoms with van der Waals surface area (Å²) in [4.78, 5) is 11.5. The molecule has 1 saturated heterocycles. The molecule has 1 aliphatic rings. The summed E-state index contributed by atoms with van der Waals surface area (Å²) in [6.07, 6.45) is 1.42. The van der Waals surface area contributed by atoms with Gasteiger partial charge in [-0.15, -0.1) is 0 Å². The third kappa shape index (κ3) is 5.75. The number of ether oxygens (including phenoxy) is 2. The van der Waals surface area contributed by atoms with Gasteiger partial charge in [0.1, 0.15) is 31.0 Å². The van der Waals surface area contributed by atoms with E-state index in [1.54, 1.807) is 0 Å². The van der Waals surface area contributed by atoms with Gasteiger partial charge in [0.05, 0.1) is 6.61 Å². The second-order valence-electron chi connectivity index (χ2n) is 5.27. The van der Waals surface area contributed by atoms with E-state index >= 15 is 0 Å². The summed E-state index contributed by atoms with van der Waals surface area (Å²) in [5.41, 5.74) is 0. The average molecular weight is 290 g/mol. The van der Waals surface area contributed by atoms with Crippen molar-refractivity contribution in [1.29, 1.82) is 0 Å². The molecule has 1 aliphatic heterocycles. The first-order valence-electron chi connectivity index (χ1n) is 7.37. The van der Waals surface area contributed by atoms with Gasteiger partial charge >= 0.3 is 5.97 Å². The highest BCUT2D eigenvalue weighted by atomic mass is 16.6. The average Bonchev–Trinajstić information content (AvgIpc) is 2.76. The Morgan fingerprint density at radius 3 is 2.60 bits per heavy atom. The maximum Gasteiger partial charge on any atom is 0.305 e. The quantitative estimate of drug-likeness (QED) is 0.419. The highest BCUT2D eigenvalue weighted by Crippen LogP contribution is 2.18. The molecule has 6 heteroatoms. The molecule has 0 bridgehead atoms. The lowest BCUT2D eigenvalue weighted by Gasteiger charge is -2.20. The zero-order valence-corrected chi connectivity index (χ0v) is 12.0. The van der Waals surface area contributed by atoms with Crippen molar-refractivity contribution < 1.29 is 29.6 Å². The first kappa shape index (κ1) is 17.4. The number of aliphatic hydroxyl groups excluding tert-OH is 3. The van der Waals surface area contributed by atoms with Crippen molar-refractivity contribution >= 4 is 5.97 Å². The minimum atomic E-state index is -1.14. The van der Waals surface area contributed by atoms with Crippen molar-refractivity contribution in [2.75, 3.05) is 13.2 Å². The number of hydrogen-bond donors (Lipinski definition) is 3. The number of aliphatic hydroxyl groups is 3. The lowest BCUT2D eigenvalue weighted by molar-refractivity contribution is -0.151. The molecule has 1 unspecified atom stereocenters. The topological polar surface area (TPSA) is 96.2 Å². The van der Waals surface area contributed by atoms with Crippen LogP contribution in [0.1, 0.15) is 45.4 Å². The van der Waals surface area contributed by atoms with Crippen LogP contribution >= 0.6 is 0 Å². The number of hydrogen-bond acceptors (Lipinski definition) is 6. The van der Waals surface area contributed by atoms with E-state index in [9.17, 15) is 20.1 Å². The van der Waals surface area contributed by atoms with E-state index in [0.717, 1.165) is 25.7 Å². The van der Waals surface area contributed by atoms with Crippen molar-refractivity contribution in [2.24, 2.45) is 0 Å². The second-order valence-corrected chi connectivity index (χ2v) is 5.27. The maximum absolute atomic E-state index is 11.5. The van der Waals surface area contributed by atoms with Gasteiger partial charge in [-0.1, -0.05) is 32.6 Å². The fourth-order valence-corrected chi connectivity index (χ4v) is 2.18. The summed E-state index contributed by atoms with van der Waals surface area (Å²) in [6, 6.07) is 0. The van der Waals surface area contributed by atoms with Crippen molar-refractivity contribution in [3.8, 4) is 0 Å². The van der Waals surface area contributed by atoms with Crippen molar-refractivity contribution in [1.82, 2.24) is 0 Å². The van der Waals surface area contributed by atoms with Gasteiger partial charge in [0.2, 0.25) is 0 Å². The third-order valence-corrected chi connectivity index (χ3v) is 3.47. The van der Waals surface area contributed by atoms with Crippen LogP contribution in [0.4, 0.5) is 0 Å². The molecule has 1 fully saturated rings. The summed E-state index contributed by atoms with van der Waals surface area (Å²) in [5, 5.41) is 28.6. The Morgan fingerprint density at radius 2 is 2.00 bits per heavy atom. The molecule has 1 rings (SSSR count). The number of esters is 1. The Hall–Kier alpha value is -0.690. The van der Waals surface area contributed by atoms with Crippen LogP contribution in [-0.4, -0.2) is 58.9 Å². The van der Waals surface area contributed by atoms with Crippen LogP contribution in [0, 0.1) is 0 Å². The predicted octanol–water partition coefficient (Wildman–Crippen LogP) is 0.372. The number of rotatable bonds is 9. The van der Waals surface area contributed by atoms with E-state index in [-0.39, 0.29) is 19.2 Å². The van der Waals surface area contributed by atoms with Crippen LogP contribution in [0.5, 0.6) is 0 Å². The molecule has 20 heavy (non-hydrogen) atoms. The Kier molecular flexibility index (Phi) is 8.06. The molecular formula is C14H26O6. The molecule has 6 nitrogen and oxygen atoms in total. The van der Waals surface area contributed by atoms with Gasteiger partial charge in [0, 0.05) is 6.42 Å². The molecular weight excluding hydrogens is 264 g/mol. The molecule has 0 aromatic carbocycles. The smallest absolute Gasteiger partial charge is 0.305 e. The molecule has 0 saturated carbocycles. The Labute approximate surface area is 119 Å². The highest BCUT2D eigenvalue weighted by Gasteiger charge is 2.39. The van der Waals surface area contributed by atoms with E-state index in [2.05, 4.69) is 6.92 Å². The molecule has 118 valence electrons. The molecule has 1 heterocycles. The fourth-order valence-electron chi connectivity index (χ4n) is 2.18. The SMILES string of the molecule is CCCCCCCC(=O)OC[C@@H](O)[C@H]1OC[C@@H](O)C1O. The largest absolute Gasteiger partial charge is 0.463 e. The van der Waals surface area contributed by atoms with Crippen LogP contribution < -0.4 is 0 Å². The van der Waals surface area contributed by atoms with Gasteiger partial charge < -0.3 is 24.8 Å². The van der Waals surface area contributed by atoms with E-state index < -0.39 is 24.4 Å². The summed E-state index contributed by atoms with van der Waals surface area (Å²) in [7, 11) is 0. The Balaban J connectivity index is 2.11. The molecule has 0 aliphatic carbocycles. The van der Waals surface area contributed by atoms with Gasteiger partial charge in [-0.25, -0.2) is 0 Å². The monoisotopic (exact) mass is 290 g/mol. The van der Waals surface area contributed by atoms with E-state index in [1.165, 1.54) is 6.42 Å². The molecule has 0 radical (unpaired) electrons. The molecule has 0 aromatic heterocycles. The minimum absolute atomic E-state index is 0.0196. The standard InChI is InChI=1S/C14H26O6/c1-2-3-4-5-6-7-12(17)19-9-11(16)14-13(18)10(15)8-20-14/h10-11,13-16,18H,2-9H2,1H3/t10-,11-,13?,14-/m1/s1. The van der Waals surface area contributed by atoms with Crippen LogP contribution in [0.15, 0.2) is 0 Å². The molecule has 0 aromatic rings. The van der Waals surface area contributed by atoms with Crippen LogP contribution in [0.2, 0.25) is 0 Å². The first-order valence-corrected chi connectivity index (χ1v) is 7.37. The van der Waals surface area contributed by atoms with Crippen LogP contribution in [-0.2, 0) is 14.3 Å². The summed E-state index contributed by atoms with van der Waals surface area (Å²) >= 11 is 0. The summed E-state index contributed by atoms with van der Waals surface area (Å²) in [6.45, 7) is 1.89. The third-order valence-electron chi connectivity index (χ3n) is 3.47. The highest BCUT2D eigenvalue weighted by molar-refractivity contribution is 5.69. The van der Waals surface area contributed by atoms with E-state index in [0.29, 0.717) is 6.42 Å². The van der Waals surface area contributed by atoms with Crippen molar-refractivity contribution in [2.45, 2.75) is 69.9 Å². The van der Waals surface area contributed by atoms with Gasteiger partial charge in [-0.05, 0) is 6.42 Å². The zero-order chi connectivity index (χ0) is 15.0. The zero-order valence-electron chi connectivity index (χ0n) is 12.0. The van der Waals surface area contributed by atoms with Gasteiger partial charge in [-0.3, -0.25) is 4.79 Å². The Morgan fingerprint density at radius 1 is 1.30 bits per heavy atom. The van der Waals surface area contributed by atoms with Gasteiger partial charge in [-0.2, -0.15) is 0 Å². The van der Waals surface area contributed by atoms with Gasteiger partial charge in [0.15, 0.2) is 0 Å². The molecule has 0 spiro atoms. The summed E-state index contributed by atoms with van der Waals surface area (Å²) in [5.74, 6) is -0.353. The number of carbonyl (C=O) groups is 1. The fraction of sp³-hybridized carbons (Fsp3) is 0.929. The number of carbonyl (C=O) groups excluding carboxylic acids is 1. The lowest BCUT2D eigenvalue weighted by atomic mass is 10.1. The van der Waals surface area contributed by atoms with Gasteiger partial charge in [0.25, 0.3) is 0 Å². The van der Waals surface area contributed by atoms with Crippen molar-refractivity contribution in [3.05, 3.63) is 0 Å². The Bertz CT molecular complexity index is 283. The molecule has 3 N–H and O–H groups in total. The van der Waals surface area contributed by atoms with Crippen LogP contribution in [0.25, 0.3) is 0 Å².